The fourth-order valence-electron chi connectivity index (χ4n) is 2.00. The third-order valence-corrected chi connectivity index (χ3v) is 3.93. The highest BCUT2D eigenvalue weighted by atomic mass is 32.2. The van der Waals surface area contributed by atoms with E-state index in [0.29, 0.717) is 13.1 Å². The molecule has 0 N–H and O–H groups in total. The van der Waals surface area contributed by atoms with E-state index in [1.54, 1.807) is 4.90 Å². The first-order chi connectivity index (χ1) is 7.89. The number of halogens is 2. The summed E-state index contributed by atoms with van der Waals surface area (Å²) in [6.45, 7) is 1.21. The van der Waals surface area contributed by atoms with Gasteiger partial charge in [-0.05, 0) is 25.0 Å². The molecule has 1 aromatic rings. The van der Waals surface area contributed by atoms with Crippen LogP contribution in [-0.4, -0.2) is 27.8 Å². The Bertz CT molecular complexity index is 513. The van der Waals surface area contributed by atoms with Gasteiger partial charge < -0.3 is 4.90 Å². The highest BCUT2D eigenvalue weighted by molar-refractivity contribution is 7.90. The molecule has 94 valence electrons. The summed E-state index contributed by atoms with van der Waals surface area (Å²) in [5.41, 5.74) is -0.116. The van der Waals surface area contributed by atoms with Crippen molar-refractivity contribution in [1.29, 1.82) is 0 Å². The van der Waals surface area contributed by atoms with Crippen LogP contribution in [0.25, 0.3) is 0 Å². The van der Waals surface area contributed by atoms with Crippen LogP contribution >= 0.6 is 0 Å². The van der Waals surface area contributed by atoms with E-state index in [1.807, 2.05) is 0 Å². The van der Waals surface area contributed by atoms with Crippen molar-refractivity contribution in [3.63, 3.8) is 0 Å². The summed E-state index contributed by atoms with van der Waals surface area (Å²) in [5, 5.41) is 0. The first-order valence-electron chi connectivity index (χ1n) is 5.33. The Balaban J connectivity index is 2.49. The van der Waals surface area contributed by atoms with E-state index in [4.69, 9.17) is 0 Å². The van der Waals surface area contributed by atoms with Gasteiger partial charge >= 0.3 is 0 Å². The third-order valence-electron chi connectivity index (χ3n) is 2.84. The molecule has 1 aliphatic heterocycles. The summed E-state index contributed by atoms with van der Waals surface area (Å²) in [6, 6.07) is 1.76. The molecule has 17 heavy (non-hydrogen) atoms. The second-order valence-corrected chi connectivity index (χ2v) is 6.22. The lowest BCUT2D eigenvalue weighted by Gasteiger charge is -2.19. The molecule has 0 radical (unpaired) electrons. The van der Waals surface area contributed by atoms with Gasteiger partial charge in [-0.25, -0.2) is 17.2 Å². The fraction of sp³-hybridized carbons (Fsp3) is 0.455. The second kappa shape index (κ2) is 4.25. The molecule has 1 aromatic carbocycles. The SMILES string of the molecule is CS(=O)(=O)c1cc(F)c(N2CCCC2)c(F)c1. The van der Waals surface area contributed by atoms with Crippen molar-refractivity contribution in [1.82, 2.24) is 0 Å². The first kappa shape index (κ1) is 12.3. The predicted octanol–water partition coefficient (Wildman–Crippen LogP) is 1.97. The first-order valence-corrected chi connectivity index (χ1v) is 7.23. The zero-order chi connectivity index (χ0) is 12.6. The highest BCUT2D eigenvalue weighted by Crippen LogP contribution is 2.29. The third kappa shape index (κ3) is 2.41. The van der Waals surface area contributed by atoms with Crippen LogP contribution in [0.3, 0.4) is 0 Å². The lowest BCUT2D eigenvalue weighted by Crippen LogP contribution is -2.21. The molecule has 6 heteroatoms. The molecule has 0 aromatic heterocycles. The molecule has 0 bridgehead atoms. The molecule has 0 atom stereocenters. The van der Waals surface area contributed by atoms with Crippen molar-refractivity contribution in [2.45, 2.75) is 17.7 Å². The van der Waals surface area contributed by atoms with E-state index in [1.165, 1.54) is 0 Å². The van der Waals surface area contributed by atoms with Gasteiger partial charge in [-0.2, -0.15) is 0 Å². The zero-order valence-corrected chi connectivity index (χ0v) is 10.2. The van der Waals surface area contributed by atoms with Crippen molar-refractivity contribution in [2.75, 3.05) is 24.2 Å². The van der Waals surface area contributed by atoms with Crippen LogP contribution in [0, 0.1) is 11.6 Å². The molecular weight excluding hydrogens is 248 g/mol. The van der Waals surface area contributed by atoms with Gasteiger partial charge in [0, 0.05) is 19.3 Å². The Morgan fingerprint density at radius 2 is 1.59 bits per heavy atom. The lowest BCUT2D eigenvalue weighted by atomic mass is 10.2. The normalized spacial score (nSPS) is 16.5. The Morgan fingerprint density at radius 1 is 1.12 bits per heavy atom. The van der Waals surface area contributed by atoms with E-state index in [0.717, 1.165) is 31.2 Å². The number of sulfone groups is 1. The number of hydrogen-bond acceptors (Lipinski definition) is 3. The van der Waals surface area contributed by atoms with Crippen molar-refractivity contribution in [2.24, 2.45) is 0 Å². The van der Waals surface area contributed by atoms with Gasteiger partial charge in [0.1, 0.15) is 5.69 Å². The van der Waals surface area contributed by atoms with E-state index < -0.39 is 21.5 Å². The van der Waals surface area contributed by atoms with E-state index in [9.17, 15) is 17.2 Å². The number of nitrogens with zero attached hydrogens (tertiary/aromatic N) is 1. The largest absolute Gasteiger partial charge is 0.367 e. The maximum absolute atomic E-state index is 13.7. The smallest absolute Gasteiger partial charge is 0.175 e. The van der Waals surface area contributed by atoms with Gasteiger partial charge in [0.25, 0.3) is 0 Å². The molecule has 1 aliphatic rings. The summed E-state index contributed by atoms with van der Waals surface area (Å²) >= 11 is 0. The van der Waals surface area contributed by atoms with Crippen LogP contribution in [-0.2, 0) is 9.84 Å². The van der Waals surface area contributed by atoms with Crippen molar-refractivity contribution in [3.05, 3.63) is 23.8 Å². The van der Waals surface area contributed by atoms with Crippen molar-refractivity contribution >= 4 is 15.5 Å². The zero-order valence-electron chi connectivity index (χ0n) is 9.41. The van der Waals surface area contributed by atoms with Crippen LogP contribution in [0.5, 0.6) is 0 Å². The minimum atomic E-state index is -3.59. The van der Waals surface area contributed by atoms with Gasteiger partial charge in [0.2, 0.25) is 0 Å². The average molecular weight is 261 g/mol. The predicted molar refractivity (Wildman–Crippen MR) is 60.9 cm³/mol. The Morgan fingerprint density at radius 3 is 2.00 bits per heavy atom. The van der Waals surface area contributed by atoms with Crippen molar-refractivity contribution in [3.8, 4) is 0 Å². The van der Waals surface area contributed by atoms with Gasteiger partial charge in [-0.1, -0.05) is 0 Å². The molecule has 0 spiro atoms. The van der Waals surface area contributed by atoms with Crippen LogP contribution < -0.4 is 4.90 Å². The Hall–Kier alpha value is -1.17. The monoisotopic (exact) mass is 261 g/mol. The quantitative estimate of drug-likeness (QED) is 0.816. The number of hydrogen-bond donors (Lipinski definition) is 0. The summed E-state index contributed by atoms with van der Waals surface area (Å²) in [5.74, 6) is -1.63. The molecule has 0 saturated carbocycles. The standard InChI is InChI=1S/C11H13F2NO2S/c1-17(15,16)8-6-9(12)11(10(13)7-8)14-4-2-3-5-14/h6-7H,2-5H2,1H3. The topological polar surface area (TPSA) is 37.4 Å². The summed E-state index contributed by atoms with van der Waals surface area (Å²) < 4.78 is 49.9. The van der Waals surface area contributed by atoms with Crippen LogP contribution in [0.15, 0.2) is 17.0 Å². The minimum absolute atomic E-state index is 0.116. The molecule has 0 aliphatic carbocycles. The average Bonchev–Trinajstić information content (AvgIpc) is 2.68. The summed E-state index contributed by atoms with van der Waals surface area (Å²) in [6.07, 6.45) is 2.72. The number of rotatable bonds is 2. The molecule has 1 fully saturated rings. The molecular formula is C11H13F2NO2S. The fourth-order valence-corrected chi connectivity index (χ4v) is 2.63. The summed E-state index contributed by atoms with van der Waals surface area (Å²) in [4.78, 5) is 1.28. The van der Waals surface area contributed by atoms with Crippen LogP contribution in [0.4, 0.5) is 14.5 Å². The minimum Gasteiger partial charge on any atom is -0.367 e. The van der Waals surface area contributed by atoms with Gasteiger partial charge in [0.05, 0.1) is 4.90 Å². The highest BCUT2D eigenvalue weighted by Gasteiger charge is 2.22. The van der Waals surface area contributed by atoms with Gasteiger partial charge in [-0.15, -0.1) is 0 Å². The molecule has 0 unspecified atom stereocenters. The molecule has 1 heterocycles. The maximum atomic E-state index is 13.7. The van der Waals surface area contributed by atoms with E-state index >= 15 is 0 Å². The van der Waals surface area contributed by atoms with Gasteiger partial charge in [0.15, 0.2) is 21.5 Å². The molecule has 2 rings (SSSR count). The van der Waals surface area contributed by atoms with E-state index in [-0.39, 0.29) is 10.6 Å². The van der Waals surface area contributed by atoms with Gasteiger partial charge in [-0.3, -0.25) is 0 Å². The Kier molecular flexibility index (Phi) is 3.07. The maximum Gasteiger partial charge on any atom is 0.175 e. The van der Waals surface area contributed by atoms with Crippen molar-refractivity contribution < 1.29 is 17.2 Å². The molecule has 0 amide bonds. The van der Waals surface area contributed by atoms with E-state index in [2.05, 4.69) is 0 Å². The second-order valence-electron chi connectivity index (χ2n) is 4.20. The van der Waals surface area contributed by atoms with Crippen LogP contribution in [0.2, 0.25) is 0 Å². The number of benzene rings is 1. The number of anilines is 1. The summed E-state index contributed by atoms with van der Waals surface area (Å²) in [7, 11) is -3.59. The molecule has 1 saturated heterocycles. The molecule has 3 nitrogen and oxygen atoms in total. The van der Waals surface area contributed by atoms with Crippen LogP contribution in [0.1, 0.15) is 12.8 Å². The Labute approximate surface area is 99.0 Å². The lowest BCUT2D eigenvalue weighted by molar-refractivity contribution is 0.564.